The first-order chi connectivity index (χ1) is 11.7. The zero-order valence-electron chi connectivity index (χ0n) is 16.4. The molecule has 1 saturated carbocycles. The van der Waals surface area contributed by atoms with Crippen LogP contribution in [0.1, 0.15) is 72.6 Å². The summed E-state index contributed by atoms with van der Waals surface area (Å²) in [6.07, 6.45) is 7.44. The number of rotatable bonds is 5. The lowest BCUT2D eigenvalue weighted by Gasteiger charge is -2.28. The normalized spacial score (nSPS) is 20.4. The number of nitrogens with zero attached hydrogens (tertiary/aromatic N) is 3. The van der Waals surface area contributed by atoms with Crippen molar-refractivity contribution >= 4 is 17.7 Å². The number of ether oxygens (including phenoxy) is 1. The molecule has 0 bridgehead atoms. The van der Waals surface area contributed by atoms with E-state index in [1.807, 2.05) is 27.7 Å². The third kappa shape index (κ3) is 5.72. The molecule has 0 radical (unpaired) electrons. The van der Waals surface area contributed by atoms with Crippen LogP contribution in [0.3, 0.4) is 0 Å². The molecule has 0 aromatic carbocycles. The monoisotopic (exact) mass is 351 g/mol. The van der Waals surface area contributed by atoms with E-state index in [4.69, 9.17) is 4.74 Å². The highest BCUT2D eigenvalue weighted by Gasteiger charge is 2.32. The van der Waals surface area contributed by atoms with E-state index < -0.39 is 11.7 Å². The topological polar surface area (TPSA) is 62.2 Å². The molecule has 6 nitrogen and oxygen atoms in total. The zero-order valence-corrected chi connectivity index (χ0v) is 16.4. The van der Waals surface area contributed by atoms with Gasteiger partial charge in [-0.1, -0.05) is 32.1 Å². The first kappa shape index (κ1) is 19.7. The number of hydrogen-bond donors (Lipinski definition) is 0. The molecule has 25 heavy (non-hydrogen) atoms. The van der Waals surface area contributed by atoms with E-state index in [0.29, 0.717) is 13.0 Å². The maximum atomic E-state index is 12.3. The number of carbonyl (C=O) groups excluding carboxylic acids is 2. The minimum absolute atomic E-state index is 0.0373. The largest absolute Gasteiger partial charge is 0.444 e. The lowest BCUT2D eigenvalue weighted by atomic mass is 9.87. The maximum absolute atomic E-state index is 12.3. The van der Waals surface area contributed by atoms with Crippen LogP contribution in [-0.4, -0.2) is 52.9 Å². The Morgan fingerprint density at radius 1 is 1.32 bits per heavy atom. The molecule has 2 rings (SSSR count). The number of hydrogen-bond acceptors (Lipinski definition) is 4. The number of hydrazone groups is 1. The van der Waals surface area contributed by atoms with Gasteiger partial charge in [-0.25, -0.2) is 9.80 Å². The molecule has 1 heterocycles. The van der Waals surface area contributed by atoms with Gasteiger partial charge in [0.15, 0.2) is 0 Å². The first-order valence-corrected chi connectivity index (χ1v) is 9.51. The molecule has 1 atom stereocenters. The highest BCUT2D eigenvalue weighted by Crippen LogP contribution is 2.27. The quantitative estimate of drug-likeness (QED) is 0.757. The maximum Gasteiger partial charge on any atom is 0.410 e. The molecule has 0 N–H and O–H groups in total. The fourth-order valence-corrected chi connectivity index (χ4v) is 3.39. The molecule has 1 unspecified atom stereocenters. The van der Waals surface area contributed by atoms with Gasteiger partial charge in [0.25, 0.3) is 0 Å². The Bertz CT molecular complexity index is 518. The summed E-state index contributed by atoms with van der Waals surface area (Å²) in [6, 6.07) is -0.251. The van der Waals surface area contributed by atoms with Gasteiger partial charge >= 0.3 is 6.09 Å². The van der Waals surface area contributed by atoms with Crippen molar-refractivity contribution in [2.45, 2.75) is 84.3 Å². The minimum Gasteiger partial charge on any atom is -0.444 e. The molecular weight excluding hydrogens is 318 g/mol. The Morgan fingerprint density at radius 2 is 1.96 bits per heavy atom. The van der Waals surface area contributed by atoms with Gasteiger partial charge in [0.1, 0.15) is 5.60 Å². The van der Waals surface area contributed by atoms with Crippen molar-refractivity contribution < 1.29 is 14.3 Å². The van der Waals surface area contributed by atoms with E-state index >= 15 is 0 Å². The summed E-state index contributed by atoms with van der Waals surface area (Å²) in [5.41, 5.74) is 0.201. The molecule has 0 saturated heterocycles. The van der Waals surface area contributed by atoms with Crippen molar-refractivity contribution in [3.8, 4) is 0 Å². The standard InChI is InChI=1S/C19H33N3O3/c1-14(21(5)18(24)25-19(2,3)4)16-13-17(23)22(20-16)12-11-15-9-7-6-8-10-15/h14-15H,6-13H2,1-5H3. The van der Waals surface area contributed by atoms with Crippen molar-refractivity contribution in [3.63, 3.8) is 0 Å². The first-order valence-electron chi connectivity index (χ1n) is 9.51. The molecular formula is C19H33N3O3. The second-order valence-electron chi connectivity index (χ2n) is 8.34. The predicted octanol–water partition coefficient (Wildman–Crippen LogP) is 3.80. The third-order valence-electron chi connectivity index (χ3n) is 5.09. The fraction of sp³-hybridized carbons (Fsp3) is 0.842. The molecule has 6 heteroatoms. The molecule has 142 valence electrons. The Labute approximate surface area is 151 Å². The van der Waals surface area contributed by atoms with Crippen LogP contribution in [0, 0.1) is 5.92 Å². The molecule has 1 aliphatic carbocycles. The van der Waals surface area contributed by atoms with Gasteiger partial charge in [-0.15, -0.1) is 0 Å². The molecule has 2 amide bonds. The summed E-state index contributed by atoms with van der Waals surface area (Å²) in [5, 5.41) is 6.10. The summed E-state index contributed by atoms with van der Waals surface area (Å²) < 4.78 is 5.39. The molecule has 1 aliphatic heterocycles. The van der Waals surface area contributed by atoms with Crippen molar-refractivity contribution in [1.29, 1.82) is 0 Å². The van der Waals surface area contributed by atoms with Crippen molar-refractivity contribution in [1.82, 2.24) is 9.91 Å². The predicted molar refractivity (Wildman–Crippen MR) is 98.4 cm³/mol. The van der Waals surface area contributed by atoms with Gasteiger partial charge in [0.2, 0.25) is 5.91 Å². The van der Waals surface area contributed by atoms with Crippen LogP contribution in [0.15, 0.2) is 5.10 Å². The van der Waals surface area contributed by atoms with Gasteiger partial charge in [-0.2, -0.15) is 5.10 Å². The van der Waals surface area contributed by atoms with Crippen molar-refractivity contribution in [2.75, 3.05) is 13.6 Å². The molecule has 0 aromatic heterocycles. The van der Waals surface area contributed by atoms with E-state index in [-0.39, 0.29) is 11.9 Å². The van der Waals surface area contributed by atoms with Crippen LogP contribution in [0.5, 0.6) is 0 Å². The highest BCUT2D eigenvalue weighted by atomic mass is 16.6. The number of carbonyl (C=O) groups is 2. The van der Waals surface area contributed by atoms with E-state index in [0.717, 1.165) is 18.1 Å². The summed E-state index contributed by atoms with van der Waals surface area (Å²) in [7, 11) is 1.69. The fourth-order valence-electron chi connectivity index (χ4n) is 3.39. The Hall–Kier alpha value is -1.59. The molecule has 1 fully saturated rings. The Balaban J connectivity index is 1.89. The third-order valence-corrected chi connectivity index (χ3v) is 5.09. The van der Waals surface area contributed by atoms with E-state index in [9.17, 15) is 9.59 Å². The molecule has 0 spiro atoms. The molecule has 2 aliphatic rings. The van der Waals surface area contributed by atoms with Gasteiger partial charge in [-0.3, -0.25) is 4.79 Å². The van der Waals surface area contributed by atoms with E-state index in [1.54, 1.807) is 12.1 Å². The summed E-state index contributed by atoms with van der Waals surface area (Å²) in [5.74, 6) is 0.762. The van der Waals surface area contributed by atoms with Gasteiger partial charge < -0.3 is 9.64 Å². The average Bonchev–Trinajstić information content (AvgIpc) is 2.92. The van der Waals surface area contributed by atoms with Crippen LogP contribution < -0.4 is 0 Å². The van der Waals surface area contributed by atoms with Gasteiger partial charge in [0, 0.05) is 13.6 Å². The van der Waals surface area contributed by atoms with Crippen molar-refractivity contribution in [3.05, 3.63) is 0 Å². The summed E-state index contributed by atoms with van der Waals surface area (Å²) >= 11 is 0. The smallest absolute Gasteiger partial charge is 0.410 e. The second kappa shape index (κ2) is 8.19. The van der Waals surface area contributed by atoms with Crippen LogP contribution in [0.2, 0.25) is 0 Å². The van der Waals surface area contributed by atoms with Crippen molar-refractivity contribution in [2.24, 2.45) is 11.0 Å². The van der Waals surface area contributed by atoms with Crippen LogP contribution >= 0.6 is 0 Å². The highest BCUT2D eigenvalue weighted by molar-refractivity contribution is 6.08. The zero-order chi connectivity index (χ0) is 18.6. The van der Waals surface area contributed by atoms with E-state index in [1.165, 1.54) is 37.0 Å². The SMILES string of the molecule is CC(C1=NN(CCC2CCCCC2)C(=O)C1)N(C)C(=O)OC(C)(C)C. The number of amides is 2. The van der Waals surface area contributed by atoms with Crippen LogP contribution in [0.25, 0.3) is 0 Å². The lowest BCUT2D eigenvalue weighted by molar-refractivity contribution is -0.128. The molecule has 0 aromatic rings. The summed E-state index contributed by atoms with van der Waals surface area (Å²) in [6.45, 7) is 8.10. The minimum atomic E-state index is -0.537. The van der Waals surface area contributed by atoms with Gasteiger partial charge in [0.05, 0.1) is 18.2 Å². The van der Waals surface area contributed by atoms with Crippen LogP contribution in [0.4, 0.5) is 4.79 Å². The summed E-state index contributed by atoms with van der Waals surface area (Å²) in [4.78, 5) is 26.0. The second-order valence-corrected chi connectivity index (χ2v) is 8.34. The van der Waals surface area contributed by atoms with Gasteiger partial charge in [-0.05, 0) is 40.0 Å². The van der Waals surface area contributed by atoms with E-state index in [2.05, 4.69) is 5.10 Å². The van der Waals surface area contributed by atoms with Crippen LogP contribution in [-0.2, 0) is 9.53 Å². The lowest BCUT2D eigenvalue weighted by Crippen LogP contribution is -2.43. The Morgan fingerprint density at radius 3 is 2.56 bits per heavy atom. The average molecular weight is 351 g/mol. The Kier molecular flexibility index (Phi) is 6.47.